The molecule has 4 aliphatic rings. The Morgan fingerprint density at radius 1 is 1.46 bits per heavy atom. The van der Waals surface area contributed by atoms with E-state index in [0.717, 1.165) is 0 Å². The smallest absolute Gasteiger partial charge is 0.336 e. The Hall–Kier alpha value is -1.70. The number of aliphatic hydroxyl groups excluding tert-OH is 2. The number of epoxide rings is 1. The number of ether oxygens (including phenoxy) is 3. The lowest BCUT2D eigenvalue weighted by Gasteiger charge is -2.56. The van der Waals surface area contributed by atoms with Gasteiger partial charge in [0.1, 0.15) is 12.2 Å². The number of carbonyl (C=O) groups is 2. The van der Waals surface area contributed by atoms with Gasteiger partial charge >= 0.3 is 11.9 Å². The number of fused-ring (bicyclic) bond motifs is 4. The van der Waals surface area contributed by atoms with Crippen molar-refractivity contribution < 1.29 is 34.0 Å². The van der Waals surface area contributed by atoms with Gasteiger partial charge in [-0.2, -0.15) is 0 Å². The van der Waals surface area contributed by atoms with Crippen molar-refractivity contribution in [2.75, 3.05) is 13.2 Å². The van der Waals surface area contributed by atoms with Gasteiger partial charge in [0.15, 0.2) is 0 Å². The molecule has 0 amide bonds. The van der Waals surface area contributed by atoms with Crippen molar-refractivity contribution in [3.05, 3.63) is 24.3 Å². The highest BCUT2D eigenvalue weighted by atomic mass is 16.6. The second-order valence-electron chi connectivity index (χ2n) is 8.22. The second kappa shape index (κ2) is 5.65. The van der Waals surface area contributed by atoms with Crippen LogP contribution in [0.15, 0.2) is 24.3 Å². The van der Waals surface area contributed by atoms with E-state index < -0.39 is 53.8 Å². The number of carbonyl (C=O) groups excluding carboxylic acids is 2. The predicted molar refractivity (Wildman–Crippen MR) is 88.8 cm³/mol. The number of rotatable bonds is 3. The highest BCUT2D eigenvalue weighted by molar-refractivity contribution is 5.91. The lowest BCUT2D eigenvalue weighted by molar-refractivity contribution is -0.202. The third-order valence-corrected chi connectivity index (χ3v) is 6.74. The van der Waals surface area contributed by atoms with Gasteiger partial charge in [-0.15, -0.1) is 0 Å². The summed E-state index contributed by atoms with van der Waals surface area (Å²) in [6.45, 7) is 9.37. The molecular formula is C19H24O7. The van der Waals surface area contributed by atoms with E-state index in [1.54, 1.807) is 0 Å². The maximum atomic E-state index is 12.2. The van der Waals surface area contributed by atoms with Crippen LogP contribution in [-0.2, 0) is 23.8 Å². The first-order valence-electron chi connectivity index (χ1n) is 8.95. The van der Waals surface area contributed by atoms with Crippen molar-refractivity contribution in [3.63, 3.8) is 0 Å². The molecule has 4 rings (SSSR count). The molecule has 0 aromatic rings. The summed E-state index contributed by atoms with van der Waals surface area (Å²) in [6, 6.07) is 0. The molecule has 2 aliphatic heterocycles. The van der Waals surface area contributed by atoms with Gasteiger partial charge in [0.25, 0.3) is 0 Å². The number of esters is 2. The molecule has 2 heterocycles. The van der Waals surface area contributed by atoms with Crippen molar-refractivity contribution >= 4 is 11.9 Å². The summed E-state index contributed by atoms with van der Waals surface area (Å²) in [4.78, 5) is 24.3. The maximum absolute atomic E-state index is 12.2. The van der Waals surface area contributed by atoms with Crippen LogP contribution >= 0.6 is 0 Å². The molecule has 2 aliphatic carbocycles. The zero-order valence-corrected chi connectivity index (χ0v) is 14.8. The first-order valence-corrected chi connectivity index (χ1v) is 8.95. The topological polar surface area (TPSA) is 106 Å². The first-order chi connectivity index (χ1) is 12.2. The summed E-state index contributed by atoms with van der Waals surface area (Å²) in [6.07, 6.45) is -0.217. The molecule has 7 atom stereocenters. The van der Waals surface area contributed by atoms with E-state index in [9.17, 15) is 14.7 Å². The Balaban J connectivity index is 1.69. The van der Waals surface area contributed by atoms with Crippen molar-refractivity contribution in [3.8, 4) is 0 Å². The van der Waals surface area contributed by atoms with Crippen LogP contribution in [0.2, 0.25) is 0 Å². The summed E-state index contributed by atoms with van der Waals surface area (Å²) in [5.74, 6) is -1.77. The fourth-order valence-corrected chi connectivity index (χ4v) is 5.39. The predicted octanol–water partition coefficient (Wildman–Crippen LogP) is 0.494. The zero-order valence-electron chi connectivity index (χ0n) is 14.8. The lowest BCUT2D eigenvalue weighted by Crippen LogP contribution is -2.63. The van der Waals surface area contributed by atoms with Gasteiger partial charge in [-0.3, -0.25) is 0 Å². The molecule has 0 aromatic heterocycles. The second-order valence-corrected chi connectivity index (χ2v) is 8.22. The SMILES string of the molecule is C=C(CO)C(=O)O[C@H]1CC[C@@]2(CO2)[C@@H]2[C@H]3OC(=O)C(=C)[C@@H]3[C@@H](O)C[C@@]12C. The number of hydrogen-bond donors (Lipinski definition) is 2. The normalized spacial score (nSPS) is 46.3. The van der Waals surface area contributed by atoms with E-state index in [2.05, 4.69) is 13.2 Å². The minimum absolute atomic E-state index is 0.0111. The van der Waals surface area contributed by atoms with Gasteiger partial charge in [-0.25, -0.2) is 9.59 Å². The Morgan fingerprint density at radius 2 is 2.15 bits per heavy atom. The lowest BCUT2D eigenvalue weighted by atomic mass is 9.51. The van der Waals surface area contributed by atoms with Crippen molar-refractivity contribution in [2.24, 2.45) is 17.3 Å². The van der Waals surface area contributed by atoms with E-state index in [-0.39, 0.29) is 11.5 Å². The van der Waals surface area contributed by atoms with E-state index in [0.29, 0.717) is 31.4 Å². The van der Waals surface area contributed by atoms with Gasteiger partial charge in [-0.1, -0.05) is 20.1 Å². The minimum Gasteiger partial charge on any atom is -0.458 e. The maximum Gasteiger partial charge on any atom is 0.336 e. The van der Waals surface area contributed by atoms with Crippen LogP contribution in [0.4, 0.5) is 0 Å². The van der Waals surface area contributed by atoms with Crippen LogP contribution < -0.4 is 0 Å². The average Bonchev–Trinajstić information content (AvgIpc) is 3.29. The quantitative estimate of drug-likeness (QED) is 0.427. The molecule has 26 heavy (non-hydrogen) atoms. The van der Waals surface area contributed by atoms with Gasteiger partial charge in [0.05, 0.1) is 36.4 Å². The van der Waals surface area contributed by atoms with Crippen LogP contribution in [0, 0.1) is 17.3 Å². The van der Waals surface area contributed by atoms with Crippen LogP contribution in [-0.4, -0.2) is 59.3 Å². The summed E-state index contributed by atoms with van der Waals surface area (Å²) in [5.41, 5.74) is -0.734. The van der Waals surface area contributed by atoms with Crippen molar-refractivity contribution in [1.82, 2.24) is 0 Å². The molecule has 2 saturated carbocycles. The number of hydrogen-bond acceptors (Lipinski definition) is 7. The molecule has 2 N–H and O–H groups in total. The third-order valence-electron chi connectivity index (χ3n) is 6.74. The van der Waals surface area contributed by atoms with Crippen LogP contribution in [0.1, 0.15) is 26.2 Å². The van der Waals surface area contributed by atoms with E-state index in [1.165, 1.54) is 0 Å². The standard InChI is InChI=1S/C19H24O7/c1-9(7-20)16(22)25-12-4-5-19(8-24-19)15-14-13(10(2)17(23)26-14)11(21)6-18(12,15)3/h11-15,20-21H,1-2,4-8H2,3H3/t11-,12-,13+,14-,15+,18-,19+/m0/s1. The highest BCUT2D eigenvalue weighted by Crippen LogP contribution is 2.63. The average molecular weight is 364 g/mol. The van der Waals surface area contributed by atoms with Gasteiger partial charge in [0, 0.05) is 16.9 Å². The molecule has 0 bridgehead atoms. The first kappa shape index (κ1) is 17.7. The summed E-state index contributed by atoms with van der Waals surface area (Å²) >= 11 is 0. The minimum atomic E-state index is -0.809. The largest absolute Gasteiger partial charge is 0.458 e. The summed E-state index contributed by atoms with van der Waals surface area (Å²) < 4.78 is 17.1. The Kier molecular flexibility index (Phi) is 3.84. The highest BCUT2D eigenvalue weighted by Gasteiger charge is 2.72. The zero-order chi connectivity index (χ0) is 18.9. The van der Waals surface area contributed by atoms with E-state index in [1.807, 2.05) is 6.92 Å². The molecular weight excluding hydrogens is 340 g/mol. The summed E-state index contributed by atoms with van der Waals surface area (Å²) in [7, 11) is 0. The summed E-state index contributed by atoms with van der Waals surface area (Å²) in [5, 5.41) is 19.9. The molecule has 7 heteroatoms. The van der Waals surface area contributed by atoms with Crippen LogP contribution in [0.5, 0.6) is 0 Å². The molecule has 0 radical (unpaired) electrons. The van der Waals surface area contributed by atoms with Crippen molar-refractivity contribution in [2.45, 2.75) is 50.1 Å². The fourth-order valence-electron chi connectivity index (χ4n) is 5.39. The monoisotopic (exact) mass is 364 g/mol. The fraction of sp³-hybridized carbons (Fsp3) is 0.684. The number of aliphatic hydroxyl groups is 2. The molecule has 7 nitrogen and oxygen atoms in total. The molecule has 0 unspecified atom stereocenters. The van der Waals surface area contributed by atoms with E-state index in [4.69, 9.17) is 19.3 Å². The van der Waals surface area contributed by atoms with Gasteiger partial charge < -0.3 is 24.4 Å². The van der Waals surface area contributed by atoms with Crippen molar-refractivity contribution in [1.29, 1.82) is 0 Å². The Morgan fingerprint density at radius 3 is 2.77 bits per heavy atom. The Labute approximate surface area is 151 Å². The third kappa shape index (κ3) is 2.30. The van der Waals surface area contributed by atoms with E-state index >= 15 is 0 Å². The van der Waals surface area contributed by atoms with Crippen LogP contribution in [0.25, 0.3) is 0 Å². The Bertz CT molecular complexity index is 694. The molecule has 4 fully saturated rings. The van der Waals surface area contributed by atoms with Gasteiger partial charge in [0.2, 0.25) is 0 Å². The van der Waals surface area contributed by atoms with Gasteiger partial charge in [-0.05, 0) is 19.3 Å². The molecule has 142 valence electrons. The molecule has 1 spiro atoms. The molecule has 0 aromatic carbocycles. The van der Waals surface area contributed by atoms with Crippen LogP contribution in [0.3, 0.4) is 0 Å². The molecule has 2 saturated heterocycles.